The Labute approximate surface area is 122 Å². The third-order valence-electron chi connectivity index (χ3n) is 4.89. The first-order valence-corrected chi connectivity index (χ1v) is 8.93. The monoisotopic (exact) mass is 268 g/mol. The van der Waals surface area contributed by atoms with Gasteiger partial charge < -0.3 is 4.48 Å². The van der Waals surface area contributed by atoms with E-state index in [4.69, 9.17) is 0 Å². The molecule has 0 amide bonds. The van der Waals surface area contributed by atoms with E-state index in [1.807, 2.05) is 0 Å². The van der Waals surface area contributed by atoms with E-state index in [0.717, 1.165) is 11.8 Å². The number of nitrogens with zero attached hydrogens (tertiary/aromatic N) is 1. The van der Waals surface area contributed by atoms with Crippen molar-refractivity contribution in [3.8, 4) is 0 Å². The summed E-state index contributed by atoms with van der Waals surface area (Å²) < 4.78 is 1.45. The Balaban J connectivity index is 2.28. The molecule has 1 nitrogen and oxygen atoms in total. The summed E-state index contributed by atoms with van der Waals surface area (Å²) in [5, 5.41) is 0. The fraction of sp³-hybridized carbons (Fsp3) is 1.00. The van der Waals surface area contributed by atoms with Gasteiger partial charge in [-0.1, -0.05) is 47.0 Å². The Morgan fingerprint density at radius 2 is 1.53 bits per heavy atom. The van der Waals surface area contributed by atoms with Crippen molar-refractivity contribution >= 4 is 0 Å². The molecule has 1 unspecified atom stereocenters. The van der Waals surface area contributed by atoms with Gasteiger partial charge in [-0.2, -0.15) is 0 Å². The second kappa shape index (κ2) is 9.00. The molecule has 0 aliphatic carbocycles. The van der Waals surface area contributed by atoms with E-state index in [0.29, 0.717) is 0 Å². The topological polar surface area (TPSA) is 0 Å². The maximum absolute atomic E-state index is 2.50. The predicted octanol–water partition coefficient (Wildman–Crippen LogP) is 5.25. The largest absolute Gasteiger partial charge is 0.323 e. The van der Waals surface area contributed by atoms with E-state index < -0.39 is 0 Å². The Morgan fingerprint density at radius 1 is 0.895 bits per heavy atom. The Hall–Kier alpha value is -0.0400. The number of hydrogen-bond donors (Lipinski definition) is 0. The number of unbranched alkanes of at least 4 members (excludes halogenated alkanes) is 1. The second-order valence-electron chi connectivity index (χ2n) is 7.54. The van der Waals surface area contributed by atoms with Gasteiger partial charge in [-0.05, 0) is 38.0 Å². The molecule has 0 bridgehead atoms. The molecule has 0 spiro atoms. The molecule has 0 aromatic rings. The molecule has 19 heavy (non-hydrogen) atoms. The van der Waals surface area contributed by atoms with Crippen LogP contribution in [0, 0.1) is 11.8 Å². The molecule has 1 aliphatic rings. The van der Waals surface area contributed by atoms with Crippen LogP contribution in [0.3, 0.4) is 0 Å². The fourth-order valence-corrected chi connectivity index (χ4v) is 3.95. The molecule has 1 fully saturated rings. The van der Waals surface area contributed by atoms with Crippen LogP contribution < -0.4 is 0 Å². The quantitative estimate of drug-likeness (QED) is 0.396. The number of hydrogen-bond acceptors (Lipinski definition) is 0. The Morgan fingerprint density at radius 3 is 2.11 bits per heavy atom. The van der Waals surface area contributed by atoms with E-state index in [-0.39, 0.29) is 0 Å². The zero-order valence-corrected chi connectivity index (χ0v) is 14.1. The van der Waals surface area contributed by atoms with E-state index >= 15 is 0 Å². The lowest BCUT2D eigenvalue weighted by atomic mass is 9.97. The first-order valence-electron chi connectivity index (χ1n) is 8.93. The van der Waals surface area contributed by atoms with Crippen molar-refractivity contribution in [3.05, 3.63) is 0 Å². The van der Waals surface area contributed by atoms with Gasteiger partial charge in [-0.15, -0.1) is 0 Å². The van der Waals surface area contributed by atoms with E-state index in [2.05, 4.69) is 27.7 Å². The summed E-state index contributed by atoms with van der Waals surface area (Å²) >= 11 is 0. The maximum Gasteiger partial charge on any atom is 0.0812 e. The summed E-state index contributed by atoms with van der Waals surface area (Å²) in [5.41, 5.74) is 0. The minimum absolute atomic E-state index is 0.885. The van der Waals surface area contributed by atoms with Gasteiger partial charge in [-0.3, -0.25) is 0 Å². The average molecular weight is 269 g/mol. The minimum atomic E-state index is 0.885. The van der Waals surface area contributed by atoms with Crippen LogP contribution in [0.4, 0.5) is 0 Å². The van der Waals surface area contributed by atoms with Gasteiger partial charge in [0, 0.05) is 5.92 Å². The third-order valence-corrected chi connectivity index (χ3v) is 4.89. The van der Waals surface area contributed by atoms with E-state index in [1.165, 1.54) is 82.0 Å². The van der Waals surface area contributed by atoms with Gasteiger partial charge in [0.15, 0.2) is 0 Å². The standard InChI is InChI=1S/C18H38N/c1-5-13-19(14-9-6-10-15-19)16-18(4)12-8-7-11-17(2)3/h17-18H,5-16H2,1-4H3/q+1. The minimum Gasteiger partial charge on any atom is -0.323 e. The van der Waals surface area contributed by atoms with Crippen molar-refractivity contribution < 1.29 is 4.48 Å². The smallest absolute Gasteiger partial charge is 0.0812 e. The zero-order valence-electron chi connectivity index (χ0n) is 14.1. The van der Waals surface area contributed by atoms with E-state index in [9.17, 15) is 0 Å². The van der Waals surface area contributed by atoms with Crippen LogP contribution >= 0.6 is 0 Å². The highest BCUT2D eigenvalue weighted by Crippen LogP contribution is 2.24. The first kappa shape index (κ1) is 17.0. The molecule has 114 valence electrons. The lowest BCUT2D eigenvalue weighted by Crippen LogP contribution is -2.54. The molecule has 0 N–H and O–H groups in total. The summed E-state index contributed by atoms with van der Waals surface area (Å²) in [6.45, 7) is 15.4. The van der Waals surface area contributed by atoms with Crippen LogP contribution in [0.5, 0.6) is 0 Å². The van der Waals surface area contributed by atoms with Crippen molar-refractivity contribution in [1.29, 1.82) is 0 Å². The zero-order chi connectivity index (χ0) is 14.1. The van der Waals surface area contributed by atoms with Crippen LogP contribution in [-0.4, -0.2) is 30.7 Å². The molecular formula is C18H38N+. The molecule has 1 heterocycles. The molecule has 1 heteroatoms. The summed E-state index contributed by atoms with van der Waals surface area (Å²) in [7, 11) is 0. The average Bonchev–Trinajstić information content (AvgIpc) is 2.36. The van der Waals surface area contributed by atoms with Crippen molar-refractivity contribution in [1.82, 2.24) is 0 Å². The predicted molar refractivity (Wildman–Crippen MR) is 86.3 cm³/mol. The summed E-state index contributed by atoms with van der Waals surface area (Å²) in [4.78, 5) is 0. The molecule has 0 aromatic heterocycles. The van der Waals surface area contributed by atoms with Gasteiger partial charge in [0.1, 0.15) is 0 Å². The molecule has 0 aromatic carbocycles. The number of rotatable bonds is 9. The number of quaternary nitrogens is 1. The maximum atomic E-state index is 2.50. The lowest BCUT2D eigenvalue weighted by Gasteiger charge is -2.43. The highest BCUT2D eigenvalue weighted by atomic mass is 15.4. The molecule has 1 rings (SSSR count). The van der Waals surface area contributed by atoms with Crippen LogP contribution in [0.1, 0.15) is 79.1 Å². The number of piperidine rings is 1. The van der Waals surface area contributed by atoms with Crippen LogP contribution in [-0.2, 0) is 0 Å². The second-order valence-corrected chi connectivity index (χ2v) is 7.54. The highest BCUT2D eigenvalue weighted by molar-refractivity contribution is 4.60. The Bertz CT molecular complexity index is 210. The van der Waals surface area contributed by atoms with Gasteiger partial charge in [0.2, 0.25) is 0 Å². The molecule has 1 aliphatic heterocycles. The first-order chi connectivity index (χ1) is 9.08. The van der Waals surface area contributed by atoms with Gasteiger partial charge in [-0.25, -0.2) is 0 Å². The van der Waals surface area contributed by atoms with Crippen LogP contribution in [0.2, 0.25) is 0 Å². The van der Waals surface area contributed by atoms with Gasteiger partial charge in [0.25, 0.3) is 0 Å². The normalized spacial score (nSPS) is 20.7. The molecule has 1 atom stereocenters. The molecule has 0 saturated carbocycles. The van der Waals surface area contributed by atoms with Crippen molar-refractivity contribution in [3.63, 3.8) is 0 Å². The molecular weight excluding hydrogens is 230 g/mol. The van der Waals surface area contributed by atoms with Crippen molar-refractivity contribution in [2.75, 3.05) is 26.2 Å². The Kier molecular flexibility index (Phi) is 8.06. The SMILES string of the molecule is CCC[N+]1(CC(C)CCCCC(C)C)CCCCC1. The van der Waals surface area contributed by atoms with Crippen LogP contribution in [0.25, 0.3) is 0 Å². The summed E-state index contributed by atoms with van der Waals surface area (Å²) in [5.74, 6) is 1.81. The summed E-state index contributed by atoms with van der Waals surface area (Å²) in [6, 6.07) is 0. The molecule has 1 saturated heterocycles. The third kappa shape index (κ3) is 6.79. The highest BCUT2D eigenvalue weighted by Gasteiger charge is 2.30. The summed E-state index contributed by atoms with van der Waals surface area (Å²) in [6.07, 6.45) is 11.5. The van der Waals surface area contributed by atoms with Gasteiger partial charge >= 0.3 is 0 Å². The van der Waals surface area contributed by atoms with Crippen molar-refractivity contribution in [2.45, 2.75) is 79.1 Å². The number of likely N-dealkylation sites (tertiary alicyclic amines) is 1. The van der Waals surface area contributed by atoms with Gasteiger partial charge in [0.05, 0.1) is 26.2 Å². The van der Waals surface area contributed by atoms with Crippen LogP contribution in [0.15, 0.2) is 0 Å². The van der Waals surface area contributed by atoms with E-state index in [1.54, 1.807) is 0 Å². The van der Waals surface area contributed by atoms with Crippen molar-refractivity contribution in [2.24, 2.45) is 11.8 Å². The fourth-order valence-electron chi connectivity index (χ4n) is 3.95. The lowest BCUT2D eigenvalue weighted by molar-refractivity contribution is -0.935. The molecule has 0 radical (unpaired) electrons.